The lowest BCUT2D eigenvalue weighted by molar-refractivity contribution is 0.660. The van der Waals surface area contributed by atoms with E-state index in [0.29, 0.717) is 5.56 Å². The van der Waals surface area contributed by atoms with Gasteiger partial charge < -0.3 is 4.90 Å². The molecule has 0 amide bonds. The minimum absolute atomic E-state index is 0.0959. The van der Waals surface area contributed by atoms with Crippen molar-refractivity contribution in [2.45, 2.75) is 24.7 Å². The van der Waals surface area contributed by atoms with E-state index in [4.69, 9.17) is 0 Å². The summed E-state index contributed by atoms with van der Waals surface area (Å²) in [5, 5.41) is 2.27. The van der Waals surface area contributed by atoms with Crippen molar-refractivity contribution in [2.24, 2.45) is 0 Å². The maximum Gasteiger partial charge on any atom is 0.0714 e. The van der Waals surface area contributed by atoms with Crippen molar-refractivity contribution in [1.82, 2.24) is 0 Å². The summed E-state index contributed by atoms with van der Waals surface area (Å²) in [6, 6.07) is 73.5. The zero-order valence-corrected chi connectivity index (χ0v) is 35.2. The normalized spacial score (nSPS) is 14.7. The molecule has 10 aromatic carbocycles. The van der Waals surface area contributed by atoms with Gasteiger partial charge in [0.15, 0.2) is 0 Å². The third-order valence-electron chi connectivity index (χ3n) is 13.6. The van der Waals surface area contributed by atoms with Gasteiger partial charge >= 0.3 is 0 Å². The van der Waals surface area contributed by atoms with Crippen LogP contribution in [0.25, 0.3) is 55.3 Å². The second kappa shape index (κ2) is 14.4. The van der Waals surface area contributed by atoms with Gasteiger partial charge in [0.05, 0.1) is 16.6 Å². The van der Waals surface area contributed by atoms with Crippen LogP contribution in [0.2, 0.25) is 0 Å². The van der Waals surface area contributed by atoms with Gasteiger partial charge in [-0.25, -0.2) is 0 Å². The zero-order valence-electron chi connectivity index (χ0n) is 39.2. The highest BCUT2D eigenvalue weighted by Gasteiger charge is 2.47. The molecule has 0 spiro atoms. The van der Waals surface area contributed by atoms with Crippen LogP contribution >= 0.6 is 0 Å². The Morgan fingerprint density at radius 1 is 0.365 bits per heavy atom. The molecule has 0 saturated heterocycles. The molecule has 0 unspecified atom stereocenters. The fourth-order valence-corrected chi connectivity index (χ4v) is 10.7. The van der Waals surface area contributed by atoms with E-state index in [1.165, 1.54) is 11.1 Å². The Balaban J connectivity index is 1.12. The maximum absolute atomic E-state index is 10.1. The van der Waals surface area contributed by atoms with Crippen LogP contribution in [0.3, 0.4) is 0 Å². The van der Waals surface area contributed by atoms with E-state index in [1.807, 2.05) is 41.3 Å². The van der Waals surface area contributed by atoms with Gasteiger partial charge in [0.1, 0.15) is 0 Å². The summed E-state index contributed by atoms with van der Waals surface area (Å²) in [7, 11) is 0. The minimum Gasteiger partial charge on any atom is -0.310 e. The highest BCUT2D eigenvalue weighted by molar-refractivity contribution is 5.98. The fraction of sp³-hybridized carbons (Fsp3) is 0.0645. The number of anilines is 3. The molecule has 2 aliphatic carbocycles. The van der Waals surface area contributed by atoms with Gasteiger partial charge in [0, 0.05) is 22.4 Å². The summed E-state index contributed by atoms with van der Waals surface area (Å²) in [5.74, 6) is 0. The van der Waals surface area contributed by atoms with Gasteiger partial charge in [-0.3, -0.25) is 0 Å². The molecule has 0 heterocycles. The van der Waals surface area contributed by atoms with Crippen molar-refractivity contribution in [2.75, 3.05) is 4.90 Å². The Bertz CT molecular complexity index is 3550. The molecule has 0 bridgehead atoms. The van der Waals surface area contributed by atoms with Gasteiger partial charge in [-0.15, -0.1) is 0 Å². The number of hydrogen-bond donors (Lipinski definition) is 0. The van der Waals surface area contributed by atoms with Crippen molar-refractivity contribution in [3.63, 3.8) is 0 Å². The van der Waals surface area contributed by atoms with Gasteiger partial charge in [0.2, 0.25) is 0 Å². The first-order chi connectivity index (χ1) is 32.7. The molecule has 0 aliphatic heterocycles. The summed E-state index contributed by atoms with van der Waals surface area (Å²) in [5.41, 5.74) is 14.8. The number of benzene rings is 10. The third-order valence-corrected chi connectivity index (χ3v) is 13.6. The van der Waals surface area contributed by atoms with Gasteiger partial charge in [0.25, 0.3) is 0 Å². The van der Waals surface area contributed by atoms with E-state index in [9.17, 15) is 5.48 Å². The van der Waals surface area contributed by atoms with Crippen LogP contribution < -0.4 is 4.90 Å². The molecule has 0 N–H and O–H groups in total. The SMILES string of the molecule is [2H]c1c([2H])c(N(c2ccc3c(c2)C(C)(C)c2ccccc2-3)c2cccc3c2-c2ccccc2C3(c2ccccc2)c2ccccc2)c([2H])c([2H])c1-c1cccc(-c2ccc3ccccc3c2)c1. The second-order valence-corrected chi connectivity index (χ2v) is 17.3. The number of fused-ring (bicyclic) bond motifs is 7. The molecule has 298 valence electrons. The van der Waals surface area contributed by atoms with E-state index < -0.39 is 5.41 Å². The molecule has 10 aromatic rings. The Morgan fingerprint density at radius 2 is 0.937 bits per heavy atom. The van der Waals surface area contributed by atoms with E-state index >= 15 is 0 Å². The van der Waals surface area contributed by atoms with Crippen molar-refractivity contribution < 1.29 is 5.48 Å². The van der Waals surface area contributed by atoms with Crippen molar-refractivity contribution in [3.05, 3.63) is 270 Å². The highest BCUT2D eigenvalue weighted by Crippen LogP contribution is 2.60. The van der Waals surface area contributed by atoms with E-state index in [0.717, 1.165) is 77.8 Å². The molecule has 0 atom stereocenters. The molecule has 0 saturated carbocycles. The Kier molecular flexibility index (Phi) is 7.55. The third kappa shape index (κ3) is 5.70. The molecular formula is C62H45N. The fourth-order valence-electron chi connectivity index (χ4n) is 10.7. The summed E-state index contributed by atoms with van der Waals surface area (Å²) < 4.78 is 39.8. The number of hydrogen-bond acceptors (Lipinski definition) is 1. The lowest BCUT2D eigenvalue weighted by Gasteiger charge is -2.34. The zero-order chi connectivity index (χ0) is 45.6. The van der Waals surface area contributed by atoms with E-state index in [1.54, 1.807) is 0 Å². The van der Waals surface area contributed by atoms with Crippen LogP contribution in [0.1, 0.15) is 52.7 Å². The molecular weight excluding hydrogens is 759 g/mol. The van der Waals surface area contributed by atoms with Crippen molar-refractivity contribution in [3.8, 4) is 44.5 Å². The number of rotatable bonds is 7. The molecule has 2 aliphatic rings. The molecule has 0 fully saturated rings. The summed E-state index contributed by atoms with van der Waals surface area (Å²) >= 11 is 0. The predicted octanol–water partition coefficient (Wildman–Crippen LogP) is 16.3. The first-order valence-electron chi connectivity index (χ1n) is 23.8. The molecule has 1 nitrogen and oxygen atoms in total. The Hall–Kier alpha value is -7.74. The van der Waals surface area contributed by atoms with Gasteiger partial charge in [-0.1, -0.05) is 208 Å². The Morgan fingerprint density at radius 3 is 1.68 bits per heavy atom. The van der Waals surface area contributed by atoms with Gasteiger partial charge in [-0.05, 0) is 126 Å². The van der Waals surface area contributed by atoms with Crippen LogP contribution in [0.15, 0.2) is 236 Å². The molecule has 0 aromatic heterocycles. The first kappa shape index (κ1) is 33.0. The lowest BCUT2D eigenvalue weighted by Crippen LogP contribution is -2.28. The standard InChI is InChI=1S/C62H45N/c1-61(2)55-27-13-11-25-52(55)53-38-37-51(41-58(53)61)63(50-35-33-43(34-36-50)45-19-15-20-46(39-45)47-32-31-42-17-9-10-18-44(42)40-47)59-30-16-29-57-60(59)54-26-12-14-28-56(54)62(57,48-21-5-3-6-22-48)49-23-7-4-8-24-49/h3-41H,1-2H3/i33D,34D,35D,36D. The van der Waals surface area contributed by atoms with Gasteiger partial charge in [-0.2, -0.15) is 0 Å². The average molecular weight is 808 g/mol. The number of nitrogens with zero attached hydrogens (tertiary/aromatic N) is 1. The minimum atomic E-state index is -0.688. The van der Waals surface area contributed by atoms with Crippen LogP contribution in [-0.2, 0) is 10.8 Å². The second-order valence-electron chi connectivity index (χ2n) is 17.3. The molecule has 12 rings (SSSR count). The van der Waals surface area contributed by atoms with E-state index in [2.05, 4.69) is 190 Å². The van der Waals surface area contributed by atoms with Crippen LogP contribution in [0.4, 0.5) is 17.1 Å². The summed E-state index contributed by atoms with van der Waals surface area (Å²) in [6.07, 6.45) is 0. The summed E-state index contributed by atoms with van der Waals surface area (Å²) in [6.45, 7) is 4.51. The van der Waals surface area contributed by atoms with Crippen LogP contribution in [0, 0.1) is 0 Å². The van der Waals surface area contributed by atoms with Crippen molar-refractivity contribution >= 4 is 27.8 Å². The quantitative estimate of drug-likeness (QED) is 0.155. The van der Waals surface area contributed by atoms with Crippen LogP contribution in [0.5, 0.6) is 0 Å². The topological polar surface area (TPSA) is 3.24 Å². The lowest BCUT2D eigenvalue weighted by atomic mass is 9.68. The average Bonchev–Trinajstić information content (AvgIpc) is 3.81. The smallest absolute Gasteiger partial charge is 0.0714 e. The van der Waals surface area contributed by atoms with Crippen LogP contribution in [-0.4, -0.2) is 0 Å². The monoisotopic (exact) mass is 807 g/mol. The summed E-state index contributed by atoms with van der Waals surface area (Å²) in [4.78, 5) is 2.01. The van der Waals surface area contributed by atoms with E-state index in [-0.39, 0.29) is 40.8 Å². The first-order valence-corrected chi connectivity index (χ1v) is 21.8. The largest absolute Gasteiger partial charge is 0.310 e. The molecule has 1 heteroatoms. The highest BCUT2D eigenvalue weighted by atomic mass is 15.1. The van der Waals surface area contributed by atoms with Crippen molar-refractivity contribution in [1.29, 1.82) is 0 Å². The Labute approximate surface area is 375 Å². The molecule has 63 heavy (non-hydrogen) atoms. The predicted molar refractivity (Wildman–Crippen MR) is 264 cm³/mol. The molecule has 0 radical (unpaired) electrons. The maximum atomic E-state index is 10.1.